The zero-order valence-corrected chi connectivity index (χ0v) is 22.6. The highest BCUT2D eigenvalue weighted by molar-refractivity contribution is 14.1. The number of nitrogens with one attached hydrogen (secondary N) is 1. The van der Waals surface area contributed by atoms with Gasteiger partial charge in [-0.3, -0.25) is 14.9 Å². The summed E-state index contributed by atoms with van der Waals surface area (Å²) < 4.78 is 12.2. The summed E-state index contributed by atoms with van der Waals surface area (Å²) in [5, 5.41) is 2.90. The number of hydrogen-bond acceptors (Lipinski definition) is 5. The molecule has 184 valence electrons. The third kappa shape index (κ3) is 5.55. The lowest BCUT2D eigenvalue weighted by molar-refractivity contribution is -0.122. The van der Waals surface area contributed by atoms with Crippen LogP contribution in [-0.4, -0.2) is 25.0 Å². The molecule has 1 N–H and O–H groups in total. The topological polar surface area (TPSA) is 84.9 Å². The molecule has 1 saturated heterocycles. The lowest BCUT2D eigenvalue weighted by Crippen LogP contribution is -2.54. The number of urea groups is 1. The first-order valence-electron chi connectivity index (χ1n) is 10.9. The molecule has 0 aromatic heterocycles. The summed E-state index contributed by atoms with van der Waals surface area (Å²) in [5.74, 6) is -0.497. The standard InChI is InChI=1S/C27H22ClIN2O5/c1-15-8-16(2)10-20(9-15)31-26(33)21(25(32)30-27(31)34)11-18-12-22(29)24(23(13-18)35-3)36-14-17-4-6-19(28)7-5-17/h4-13H,14H2,1-3H3,(H,30,32,34)/b21-11-. The lowest BCUT2D eigenvalue weighted by atomic mass is 10.0. The second kappa shape index (κ2) is 10.7. The summed E-state index contributed by atoms with van der Waals surface area (Å²) in [4.78, 5) is 39.4. The Kier molecular flexibility index (Phi) is 7.65. The van der Waals surface area contributed by atoms with E-state index in [1.807, 2.05) is 32.0 Å². The van der Waals surface area contributed by atoms with Crippen molar-refractivity contribution in [1.82, 2.24) is 5.32 Å². The molecule has 7 nitrogen and oxygen atoms in total. The molecule has 0 saturated carbocycles. The van der Waals surface area contributed by atoms with Gasteiger partial charge >= 0.3 is 6.03 Å². The molecule has 0 atom stereocenters. The van der Waals surface area contributed by atoms with Crippen LogP contribution >= 0.6 is 34.2 Å². The predicted molar refractivity (Wildman–Crippen MR) is 146 cm³/mol. The number of benzene rings is 3. The molecule has 1 aliphatic heterocycles. The van der Waals surface area contributed by atoms with E-state index in [1.54, 1.807) is 36.4 Å². The monoisotopic (exact) mass is 616 g/mol. The van der Waals surface area contributed by atoms with Crippen LogP contribution in [0, 0.1) is 17.4 Å². The van der Waals surface area contributed by atoms with Crippen molar-refractivity contribution in [3.8, 4) is 11.5 Å². The second-order valence-electron chi connectivity index (χ2n) is 8.25. The Balaban J connectivity index is 1.65. The third-order valence-electron chi connectivity index (χ3n) is 5.43. The molecule has 4 rings (SSSR count). The highest BCUT2D eigenvalue weighted by Crippen LogP contribution is 2.35. The number of imide groups is 2. The van der Waals surface area contributed by atoms with Gasteiger partial charge < -0.3 is 9.47 Å². The van der Waals surface area contributed by atoms with Gasteiger partial charge in [0.05, 0.1) is 16.4 Å². The third-order valence-corrected chi connectivity index (χ3v) is 6.48. The van der Waals surface area contributed by atoms with Crippen molar-refractivity contribution in [2.75, 3.05) is 12.0 Å². The van der Waals surface area contributed by atoms with Crippen LogP contribution in [0.15, 0.2) is 60.2 Å². The molecular formula is C27H22ClIN2O5. The number of halogens is 2. The Morgan fingerprint density at radius 2 is 1.67 bits per heavy atom. The number of hydrogen-bond donors (Lipinski definition) is 1. The minimum Gasteiger partial charge on any atom is -0.493 e. The number of aryl methyl sites for hydroxylation is 2. The zero-order chi connectivity index (χ0) is 26.0. The van der Waals surface area contributed by atoms with E-state index in [0.717, 1.165) is 25.2 Å². The minimum atomic E-state index is -0.787. The van der Waals surface area contributed by atoms with Gasteiger partial charge in [-0.2, -0.15) is 0 Å². The number of carbonyl (C=O) groups excluding carboxylic acids is 3. The summed E-state index contributed by atoms with van der Waals surface area (Å²) in [7, 11) is 1.51. The van der Waals surface area contributed by atoms with Crippen molar-refractivity contribution < 1.29 is 23.9 Å². The van der Waals surface area contributed by atoms with Crippen molar-refractivity contribution in [2.24, 2.45) is 0 Å². The molecule has 1 heterocycles. The fourth-order valence-electron chi connectivity index (χ4n) is 3.84. The van der Waals surface area contributed by atoms with Gasteiger partial charge in [0.2, 0.25) is 0 Å². The SMILES string of the molecule is COc1cc(/C=C2/C(=O)NC(=O)N(c3cc(C)cc(C)c3)C2=O)cc(I)c1OCc1ccc(Cl)cc1. The molecule has 3 aromatic carbocycles. The van der Waals surface area contributed by atoms with E-state index in [4.69, 9.17) is 21.1 Å². The largest absolute Gasteiger partial charge is 0.493 e. The Morgan fingerprint density at radius 1 is 1.00 bits per heavy atom. The van der Waals surface area contributed by atoms with Gasteiger partial charge in [-0.1, -0.05) is 29.8 Å². The first-order chi connectivity index (χ1) is 17.2. The van der Waals surface area contributed by atoms with Crippen molar-refractivity contribution in [1.29, 1.82) is 0 Å². The predicted octanol–water partition coefficient (Wildman–Crippen LogP) is 5.82. The molecule has 1 aliphatic rings. The summed E-state index contributed by atoms with van der Waals surface area (Å²) in [5.41, 5.74) is 3.49. The number of carbonyl (C=O) groups is 3. The number of nitrogens with zero attached hydrogens (tertiary/aromatic N) is 1. The molecule has 0 spiro atoms. The molecular weight excluding hydrogens is 595 g/mol. The normalized spacial score (nSPS) is 14.8. The quantitative estimate of drug-likeness (QED) is 0.215. The highest BCUT2D eigenvalue weighted by atomic mass is 127. The van der Waals surface area contributed by atoms with Crippen LogP contribution in [0.5, 0.6) is 11.5 Å². The number of rotatable bonds is 6. The molecule has 0 unspecified atom stereocenters. The van der Waals surface area contributed by atoms with Gasteiger partial charge in [0.25, 0.3) is 11.8 Å². The Hall–Kier alpha value is -3.37. The van der Waals surface area contributed by atoms with Gasteiger partial charge in [-0.25, -0.2) is 9.69 Å². The molecule has 0 bridgehead atoms. The van der Waals surface area contributed by atoms with Crippen molar-refractivity contribution in [3.63, 3.8) is 0 Å². The molecule has 9 heteroatoms. The van der Waals surface area contributed by atoms with Gasteiger partial charge in [-0.15, -0.1) is 0 Å². The molecule has 3 aromatic rings. The maximum absolute atomic E-state index is 13.3. The van der Waals surface area contributed by atoms with Crippen LogP contribution in [-0.2, 0) is 16.2 Å². The van der Waals surface area contributed by atoms with Crippen molar-refractivity contribution in [2.45, 2.75) is 20.5 Å². The number of anilines is 1. The Labute approximate surface area is 227 Å². The van der Waals surface area contributed by atoms with Crippen LogP contribution in [0.4, 0.5) is 10.5 Å². The van der Waals surface area contributed by atoms with Crippen LogP contribution < -0.4 is 19.7 Å². The van der Waals surface area contributed by atoms with E-state index in [2.05, 4.69) is 27.9 Å². The molecule has 0 radical (unpaired) electrons. The van der Waals surface area contributed by atoms with E-state index in [0.29, 0.717) is 34.4 Å². The van der Waals surface area contributed by atoms with E-state index in [1.165, 1.54) is 13.2 Å². The fraction of sp³-hybridized carbons (Fsp3) is 0.148. The average Bonchev–Trinajstić information content (AvgIpc) is 2.81. The average molecular weight is 617 g/mol. The molecule has 1 fully saturated rings. The maximum Gasteiger partial charge on any atom is 0.335 e. The van der Waals surface area contributed by atoms with Crippen molar-refractivity contribution >= 4 is 63.8 Å². The summed E-state index contributed by atoms with van der Waals surface area (Å²) in [6.45, 7) is 4.04. The summed E-state index contributed by atoms with van der Waals surface area (Å²) in [6.07, 6.45) is 1.44. The van der Waals surface area contributed by atoms with E-state index in [9.17, 15) is 14.4 Å². The number of ether oxygens (including phenoxy) is 2. The summed E-state index contributed by atoms with van der Waals surface area (Å²) in [6, 6.07) is 15.3. The number of amides is 4. The van der Waals surface area contributed by atoms with Crippen LogP contribution in [0.25, 0.3) is 6.08 Å². The Bertz CT molecular complexity index is 1380. The van der Waals surface area contributed by atoms with Crippen LogP contribution in [0.2, 0.25) is 5.02 Å². The van der Waals surface area contributed by atoms with E-state index < -0.39 is 17.8 Å². The van der Waals surface area contributed by atoms with Gasteiger partial charge in [0, 0.05) is 5.02 Å². The molecule has 0 aliphatic carbocycles. The smallest absolute Gasteiger partial charge is 0.335 e. The molecule has 36 heavy (non-hydrogen) atoms. The second-order valence-corrected chi connectivity index (χ2v) is 9.85. The number of barbiturate groups is 1. The van der Waals surface area contributed by atoms with Crippen molar-refractivity contribution in [3.05, 3.63) is 91.0 Å². The first-order valence-corrected chi connectivity index (χ1v) is 12.4. The van der Waals surface area contributed by atoms with E-state index in [-0.39, 0.29) is 5.57 Å². The minimum absolute atomic E-state index is 0.165. The summed E-state index contributed by atoms with van der Waals surface area (Å²) >= 11 is 8.05. The Morgan fingerprint density at radius 3 is 2.31 bits per heavy atom. The maximum atomic E-state index is 13.3. The fourth-order valence-corrected chi connectivity index (χ4v) is 4.74. The highest BCUT2D eigenvalue weighted by Gasteiger charge is 2.37. The van der Waals surface area contributed by atoms with Crippen LogP contribution in [0.3, 0.4) is 0 Å². The van der Waals surface area contributed by atoms with Gasteiger partial charge in [-0.05, 0) is 101 Å². The van der Waals surface area contributed by atoms with Gasteiger partial charge in [0.15, 0.2) is 11.5 Å². The zero-order valence-electron chi connectivity index (χ0n) is 19.7. The van der Waals surface area contributed by atoms with Crippen LogP contribution in [0.1, 0.15) is 22.3 Å². The lowest BCUT2D eigenvalue weighted by Gasteiger charge is -2.27. The first kappa shape index (κ1) is 25.7. The van der Waals surface area contributed by atoms with E-state index >= 15 is 0 Å². The van der Waals surface area contributed by atoms with Gasteiger partial charge in [0.1, 0.15) is 12.2 Å². The number of methoxy groups -OCH3 is 1. The molecule has 4 amide bonds.